The molecule has 7 rings (SSSR count). The molecule has 4 unspecified atom stereocenters. The SMILES string of the molecule is O=C1C(O)C(C=C2C=CN(Cc3ccccc3)c3ccccc32)C(O)C1C=C1C=CN(Cc2ccccc2)c2ccccc21. The molecule has 2 heterocycles. The number of hydrogen-bond acceptors (Lipinski definition) is 5. The van der Waals surface area contributed by atoms with Gasteiger partial charge in [0.1, 0.15) is 6.10 Å². The number of aliphatic hydroxyl groups is 2. The third-order valence-electron chi connectivity index (χ3n) is 8.79. The van der Waals surface area contributed by atoms with Gasteiger partial charge in [-0.15, -0.1) is 0 Å². The summed E-state index contributed by atoms with van der Waals surface area (Å²) in [6.45, 7) is 1.45. The minimum Gasteiger partial charge on any atom is -0.391 e. The van der Waals surface area contributed by atoms with Crippen LogP contribution in [0.3, 0.4) is 0 Å². The molecule has 1 aliphatic carbocycles. The highest BCUT2D eigenvalue weighted by Gasteiger charge is 2.47. The van der Waals surface area contributed by atoms with Gasteiger partial charge < -0.3 is 20.0 Å². The van der Waals surface area contributed by atoms with Gasteiger partial charge >= 0.3 is 0 Å². The average molecular weight is 579 g/mol. The molecule has 5 nitrogen and oxygen atoms in total. The van der Waals surface area contributed by atoms with E-state index in [-0.39, 0.29) is 5.78 Å². The molecule has 4 aromatic carbocycles. The predicted octanol–water partition coefficient (Wildman–Crippen LogP) is 6.76. The maximum Gasteiger partial charge on any atom is 0.171 e. The average Bonchev–Trinajstić information content (AvgIpc) is 3.26. The molecule has 0 bridgehead atoms. The van der Waals surface area contributed by atoms with Crippen molar-refractivity contribution in [1.29, 1.82) is 0 Å². The molecular formula is C39H34N2O3. The lowest BCUT2D eigenvalue weighted by Gasteiger charge is -2.29. The van der Waals surface area contributed by atoms with E-state index in [1.165, 1.54) is 11.1 Å². The third-order valence-corrected chi connectivity index (χ3v) is 8.79. The van der Waals surface area contributed by atoms with Gasteiger partial charge in [-0.2, -0.15) is 0 Å². The fraction of sp³-hybridized carbons (Fsp3) is 0.154. The second-order valence-electron chi connectivity index (χ2n) is 11.6. The van der Waals surface area contributed by atoms with E-state index >= 15 is 0 Å². The largest absolute Gasteiger partial charge is 0.391 e. The quantitative estimate of drug-likeness (QED) is 0.265. The van der Waals surface area contributed by atoms with Crippen molar-refractivity contribution in [1.82, 2.24) is 0 Å². The van der Waals surface area contributed by atoms with E-state index in [0.717, 1.165) is 46.7 Å². The van der Waals surface area contributed by atoms with Crippen molar-refractivity contribution in [3.05, 3.63) is 168 Å². The number of aliphatic hydroxyl groups excluding tert-OH is 2. The molecule has 4 aromatic rings. The normalized spacial score (nSPS) is 24.2. The van der Waals surface area contributed by atoms with Gasteiger partial charge in [0.05, 0.1) is 12.0 Å². The summed E-state index contributed by atoms with van der Waals surface area (Å²) >= 11 is 0. The number of anilines is 2. The lowest BCUT2D eigenvalue weighted by Crippen LogP contribution is -2.24. The van der Waals surface area contributed by atoms with E-state index < -0.39 is 24.0 Å². The minimum absolute atomic E-state index is 0.358. The molecular weight excluding hydrogens is 544 g/mol. The molecule has 5 heteroatoms. The zero-order chi connectivity index (χ0) is 30.0. The van der Waals surface area contributed by atoms with Crippen molar-refractivity contribution < 1.29 is 15.0 Å². The molecule has 2 N–H and O–H groups in total. The summed E-state index contributed by atoms with van der Waals surface area (Å²) < 4.78 is 0. The number of ketones is 1. The van der Waals surface area contributed by atoms with Gasteiger partial charge in [0, 0.05) is 53.9 Å². The second-order valence-corrected chi connectivity index (χ2v) is 11.6. The van der Waals surface area contributed by atoms with E-state index in [2.05, 4.69) is 46.2 Å². The van der Waals surface area contributed by atoms with Gasteiger partial charge in [-0.3, -0.25) is 4.79 Å². The smallest absolute Gasteiger partial charge is 0.171 e. The van der Waals surface area contributed by atoms with Gasteiger partial charge in [0.15, 0.2) is 5.78 Å². The number of nitrogens with zero attached hydrogens (tertiary/aromatic N) is 2. The van der Waals surface area contributed by atoms with Crippen LogP contribution < -0.4 is 9.80 Å². The van der Waals surface area contributed by atoms with Gasteiger partial charge in [-0.25, -0.2) is 0 Å². The van der Waals surface area contributed by atoms with E-state index in [1.54, 1.807) is 0 Å². The summed E-state index contributed by atoms with van der Waals surface area (Å²) in [5, 5.41) is 22.6. The molecule has 2 aliphatic heterocycles. The summed E-state index contributed by atoms with van der Waals surface area (Å²) in [6.07, 6.45) is 9.40. The number of Topliss-reactive ketones (excluding diaryl/α,β-unsaturated/α-hetero) is 1. The number of carbonyl (C=O) groups excluding carboxylic acids is 1. The van der Waals surface area contributed by atoms with Gasteiger partial charge in [0.25, 0.3) is 0 Å². The summed E-state index contributed by atoms with van der Waals surface area (Å²) in [4.78, 5) is 17.8. The van der Waals surface area contributed by atoms with Gasteiger partial charge in [-0.1, -0.05) is 109 Å². The molecule has 0 amide bonds. The van der Waals surface area contributed by atoms with Crippen LogP contribution in [-0.4, -0.2) is 28.2 Å². The fourth-order valence-corrected chi connectivity index (χ4v) is 6.50. The van der Waals surface area contributed by atoms with Crippen molar-refractivity contribution in [2.24, 2.45) is 11.8 Å². The molecule has 44 heavy (non-hydrogen) atoms. The van der Waals surface area contributed by atoms with E-state index in [1.807, 2.05) is 110 Å². The Morgan fingerprint density at radius 2 is 1.05 bits per heavy atom. The van der Waals surface area contributed by atoms with Crippen molar-refractivity contribution in [3.8, 4) is 0 Å². The summed E-state index contributed by atoms with van der Waals surface area (Å²) in [5.74, 6) is -1.91. The Balaban J connectivity index is 1.16. The Kier molecular flexibility index (Phi) is 7.57. The molecule has 4 atom stereocenters. The van der Waals surface area contributed by atoms with Crippen LogP contribution in [0.1, 0.15) is 22.3 Å². The zero-order valence-electron chi connectivity index (χ0n) is 24.3. The Morgan fingerprint density at radius 3 is 1.57 bits per heavy atom. The molecule has 0 aromatic heterocycles. The third kappa shape index (κ3) is 5.32. The lowest BCUT2D eigenvalue weighted by molar-refractivity contribution is -0.127. The van der Waals surface area contributed by atoms with Crippen molar-refractivity contribution in [2.75, 3.05) is 9.80 Å². The second kappa shape index (κ2) is 12.0. The Bertz CT molecular complexity index is 1790. The first-order chi connectivity index (χ1) is 21.6. The molecule has 1 fully saturated rings. The van der Waals surface area contributed by atoms with Crippen LogP contribution in [0.25, 0.3) is 11.1 Å². The summed E-state index contributed by atoms with van der Waals surface area (Å²) in [5.41, 5.74) is 8.21. The van der Waals surface area contributed by atoms with Crippen molar-refractivity contribution in [3.63, 3.8) is 0 Å². The Hall–Kier alpha value is -4.97. The number of fused-ring (bicyclic) bond motifs is 2. The number of para-hydroxylation sites is 2. The standard InChI is InChI=1S/C39H34N2O3/c42-37-33(23-29-19-21-40(25-27-11-3-1-4-12-27)35-17-9-7-15-31(29)35)38(43)39(44)34(37)24-30-20-22-41(26-28-13-5-2-6-14-28)36-18-10-8-16-32(30)36/h1-24,33-34,37-38,42-43H,25-26H2. The monoisotopic (exact) mass is 578 g/mol. The number of carbonyl (C=O) groups is 1. The molecule has 0 saturated heterocycles. The minimum atomic E-state index is -1.29. The van der Waals surface area contributed by atoms with E-state index in [9.17, 15) is 15.0 Å². The molecule has 0 radical (unpaired) electrons. The van der Waals surface area contributed by atoms with Gasteiger partial charge in [-0.05, 0) is 46.6 Å². The first-order valence-corrected chi connectivity index (χ1v) is 15.1. The predicted molar refractivity (Wildman–Crippen MR) is 176 cm³/mol. The van der Waals surface area contributed by atoms with Crippen LogP contribution in [0, 0.1) is 11.8 Å². The summed E-state index contributed by atoms with van der Waals surface area (Å²) in [7, 11) is 0. The highest BCUT2D eigenvalue weighted by Crippen LogP contribution is 2.40. The van der Waals surface area contributed by atoms with Crippen LogP contribution in [0.5, 0.6) is 0 Å². The zero-order valence-corrected chi connectivity index (χ0v) is 24.3. The first-order valence-electron chi connectivity index (χ1n) is 15.1. The van der Waals surface area contributed by atoms with Crippen LogP contribution in [0.15, 0.2) is 146 Å². The van der Waals surface area contributed by atoms with E-state index in [0.29, 0.717) is 0 Å². The fourth-order valence-electron chi connectivity index (χ4n) is 6.50. The van der Waals surface area contributed by atoms with Crippen molar-refractivity contribution >= 4 is 28.3 Å². The maximum atomic E-state index is 13.4. The van der Waals surface area contributed by atoms with E-state index in [4.69, 9.17) is 0 Å². The number of rotatable bonds is 6. The topological polar surface area (TPSA) is 64.0 Å². The van der Waals surface area contributed by atoms with Crippen LogP contribution in [0.4, 0.5) is 11.4 Å². The number of benzene rings is 4. The number of allylic oxidation sites excluding steroid dienone is 4. The Morgan fingerprint density at radius 1 is 0.591 bits per heavy atom. The molecule has 218 valence electrons. The maximum absolute atomic E-state index is 13.4. The van der Waals surface area contributed by atoms with Crippen LogP contribution in [-0.2, 0) is 17.9 Å². The lowest BCUT2D eigenvalue weighted by atomic mass is 9.90. The highest BCUT2D eigenvalue weighted by molar-refractivity contribution is 5.95. The van der Waals surface area contributed by atoms with Crippen molar-refractivity contribution in [2.45, 2.75) is 25.3 Å². The highest BCUT2D eigenvalue weighted by atomic mass is 16.3. The Labute approximate surface area is 258 Å². The number of hydrogen-bond donors (Lipinski definition) is 2. The van der Waals surface area contributed by atoms with Crippen LogP contribution >= 0.6 is 0 Å². The molecule has 0 spiro atoms. The molecule has 1 saturated carbocycles. The molecule has 3 aliphatic rings. The first kappa shape index (κ1) is 27.8. The summed E-state index contributed by atoms with van der Waals surface area (Å²) in [6, 6.07) is 36.8. The van der Waals surface area contributed by atoms with Gasteiger partial charge in [0.2, 0.25) is 0 Å². The van der Waals surface area contributed by atoms with Crippen LogP contribution in [0.2, 0.25) is 0 Å².